The van der Waals surface area contributed by atoms with E-state index < -0.39 is 45.6 Å². The first-order valence-electron chi connectivity index (χ1n) is 9.68. The molecule has 2 aliphatic rings. The monoisotopic (exact) mass is 376 g/mol. The molecule has 0 aromatic heterocycles. The molecule has 27 heavy (non-hydrogen) atoms. The van der Waals surface area contributed by atoms with Gasteiger partial charge in [-0.3, -0.25) is 14.4 Å². The number of ketones is 3. The molecule has 2 bridgehead atoms. The molecule has 1 fully saturated rings. The van der Waals surface area contributed by atoms with Crippen LogP contribution < -0.4 is 0 Å². The Hall–Kier alpha value is -1.75. The molecule has 0 aromatic rings. The molecule has 5 heteroatoms. The number of aliphatic hydroxyl groups is 2. The van der Waals surface area contributed by atoms with Crippen LogP contribution in [0.25, 0.3) is 0 Å². The number of fused-ring (bicyclic) bond motifs is 2. The van der Waals surface area contributed by atoms with Gasteiger partial charge in [-0.25, -0.2) is 0 Å². The van der Waals surface area contributed by atoms with E-state index in [1.165, 1.54) is 6.92 Å². The van der Waals surface area contributed by atoms with Crippen LogP contribution in [0.5, 0.6) is 0 Å². The summed E-state index contributed by atoms with van der Waals surface area (Å²) < 4.78 is 0. The topological polar surface area (TPSA) is 91.7 Å². The van der Waals surface area contributed by atoms with Crippen LogP contribution in [-0.4, -0.2) is 33.2 Å². The highest BCUT2D eigenvalue weighted by atomic mass is 16.3. The van der Waals surface area contributed by atoms with Gasteiger partial charge in [-0.1, -0.05) is 25.5 Å². The van der Waals surface area contributed by atoms with E-state index in [0.717, 1.165) is 5.57 Å². The Balaban J connectivity index is 2.79. The molecule has 5 nitrogen and oxygen atoms in total. The Morgan fingerprint density at radius 2 is 1.89 bits per heavy atom. The minimum atomic E-state index is -1.52. The van der Waals surface area contributed by atoms with Crippen LogP contribution in [0.2, 0.25) is 0 Å². The minimum Gasteiger partial charge on any atom is -0.510 e. The number of rotatable bonds is 6. The molecule has 0 spiro atoms. The fourth-order valence-corrected chi connectivity index (χ4v) is 4.64. The van der Waals surface area contributed by atoms with Crippen LogP contribution in [0.3, 0.4) is 0 Å². The maximum atomic E-state index is 13.5. The van der Waals surface area contributed by atoms with Crippen molar-refractivity contribution in [3.05, 3.63) is 23.0 Å². The molecule has 150 valence electrons. The van der Waals surface area contributed by atoms with Gasteiger partial charge in [-0.05, 0) is 53.9 Å². The number of aliphatic hydroxyl groups excluding tert-OH is 1. The zero-order valence-corrected chi connectivity index (χ0v) is 17.5. The molecule has 2 aliphatic carbocycles. The predicted octanol–water partition coefficient (Wildman–Crippen LogP) is 3.71. The standard InChI is InChI=1S/C22H32O5/c1-8-13(4)16(23)15-17(24)21(7)14(20(5,6)27)11-22(18(15)25,19(21)26)10-9-12(2)3/h9,13-14,25,27H,8,10-11H2,1-7H3/t13-,14-,21+,22-/m1/s1. The Bertz CT molecular complexity index is 747. The molecule has 4 atom stereocenters. The van der Waals surface area contributed by atoms with E-state index in [4.69, 9.17) is 0 Å². The van der Waals surface area contributed by atoms with E-state index in [-0.39, 0.29) is 24.2 Å². The predicted molar refractivity (Wildman–Crippen MR) is 103 cm³/mol. The van der Waals surface area contributed by atoms with Gasteiger partial charge in [0.25, 0.3) is 0 Å². The summed E-state index contributed by atoms with van der Waals surface area (Å²) in [6, 6.07) is 0. The van der Waals surface area contributed by atoms with Crippen molar-refractivity contribution in [3.63, 3.8) is 0 Å². The fraction of sp³-hybridized carbons (Fsp3) is 0.682. The van der Waals surface area contributed by atoms with Crippen LogP contribution in [0.1, 0.15) is 67.7 Å². The summed E-state index contributed by atoms with van der Waals surface area (Å²) in [7, 11) is 0. The summed E-state index contributed by atoms with van der Waals surface area (Å²) in [5.41, 5.74) is -3.41. The second-order valence-corrected chi connectivity index (χ2v) is 9.24. The van der Waals surface area contributed by atoms with Gasteiger partial charge in [0.1, 0.15) is 11.3 Å². The lowest BCUT2D eigenvalue weighted by Crippen LogP contribution is -2.52. The fourth-order valence-electron chi connectivity index (χ4n) is 4.64. The molecule has 0 heterocycles. The zero-order valence-electron chi connectivity index (χ0n) is 17.5. The van der Waals surface area contributed by atoms with Crippen molar-refractivity contribution in [1.29, 1.82) is 0 Å². The van der Waals surface area contributed by atoms with Crippen molar-refractivity contribution in [2.45, 2.75) is 73.3 Å². The third kappa shape index (κ3) is 3.00. The van der Waals surface area contributed by atoms with Gasteiger partial charge >= 0.3 is 0 Å². The van der Waals surface area contributed by atoms with Crippen LogP contribution in [-0.2, 0) is 14.4 Å². The molecule has 0 radical (unpaired) electrons. The molecule has 1 saturated carbocycles. The first-order chi connectivity index (χ1) is 12.2. The van der Waals surface area contributed by atoms with Crippen molar-refractivity contribution in [2.75, 3.05) is 0 Å². The van der Waals surface area contributed by atoms with E-state index in [1.54, 1.807) is 20.8 Å². The van der Waals surface area contributed by atoms with Crippen molar-refractivity contribution in [2.24, 2.45) is 22.7 Å². The van der Waals surface area contributed by atoms with Crippen LogP contribution in [0, 0.1) is 22.7 Å². The summed E-state index contributed by atoms with van der Waals surface area (Å²) in [6.07, 6.45) is 2.74. The van der Waals surface area contributed by atoms with Gasteiger partial charge in [0.05, 0.1) is 16.4 Å². The van der Waals surface area contributed by atoms with E-state index in [2.05, 4.69) is 0 Å². The highest BCUT2D eigenvalue weighted by molar-refractivity contribution is 6.32. The Labute approximate surface area is 161 Å². The lowest BCUT2D eigenvalue weighted by atomic mass is 9.62. The molecule has 0 unspecified atom stereocenters. The van der Waals surface area contributed by atoms with Crippen molar-refractivity contribution in [1.82, 2.24) is 0 Å². The van der Waals surface area contributed by atoms with Gasteiger partial charge in [0, 0.05) is 11.8 Å². The van der Waals surface area contributed by atoms with Gasteiger partial charge in [-0.2, -0.15) is 0 Å². The third-order valence-electron chi connectivity index (χ3n) is 6.56. The highest BCUT2D eigenvalue weighted by Gasteiger charge is 2.71. The molecule has 0 aliphatic heterocycles. The summed E-state index contributed by atoms with van der Waals surface area (Å²) in [5.74, 6) is -2.96. The maximum absolute atomic E-state index is 13.5. The number of hydrogen-bond donors (Lipinski definition) is 2. The molecule has 0 saturated heterocycles. The molecular formula is C22H32O5. The summed E-state index contributed by atoms with van der Waals surface area (Å²) in [4.78, 5) is 39.7. The van der Waals surface area contributed by atoms with Gasteiger partial charge in [0.2, 0.25) is 0 Å². The first kappa shape index (κ1) is 21.5. The van der Waals surface area contributed by atoms with E-state index in [0.29, 0.717) is 6.42 Å². The number of carbonyl (C=O) groups excluding carboxylic acids is 3. The summed E-state index contributed by atoms with van der Waals surface area (Å²) in [5, 5.41) is 21.8. The van der Waals surface area contributed by atoms with Crippen molar-refractivity contribution in [3.8, 4) is 0 Å². The molecule has 0 aromatic carbocycles. The highest BCUT2D eigenvalue weighted by Crippen LogP contribution is 2.62. The second kappa shape index (κ2) is 6.69. The summed E-state index contributed by atoms with van der Waals surface area (Å²) in [6.45, 7) is 12.0. The first-order valence-corrected chi connectivity index (χ1v) is 9.68. The molecule has 2 N–H and O–H groups in total. The zero-order chi connectivity index (χ0) is 20.9. The van der Waals surface area contributed by atoms with Gasteiger partial charge in [-0.15, -0.1) is 0 Å². The molecular weight excluding hydrogens is 344 g/mol. The number of carbonyl (C=O) groups is 3. The number of allylic oxidation sites excluding steroid dienone is 4. The van der Waals surface area contributed by atoms with Crippen LogP contribution in [0.15, 0.2) is 23.0 Å². The lowest BCUT2D eigenvalue weighted by Gasteiger charge is -2.38. The van der Waals surface area contributed by atoms with Crippen molar-refractivity contribution < 1.29 is 24.6 Å². The van der Waals surface area contributed by atoms with Crippen molar-refractivity contribution >= 4 is 17.3 Å². The van der Waals surface area contributed by atoms with Crippen LogP contribution >= 0.6 is 0 Å². The summed E-state index contributed by atoms with van der Waals surface area (Å²) >= 11 is 0. The average molecular weight is 376 g/mol. The largest absolute Gasteiger partial charge is 0.510 e. The minimum absolute atomic E-state index is 0.143. The Morgan fingerprint density at radius 3 is 2.33 bits per heavy atom. The van der Waals surface area contributed by atoms with Gasteiger partial charge in [0.15, 0.2) is 17.3 Å². The normalized spacial score (nSPS) is 31.9. The Kier molecular flexibility index (Phi) is 5.34. The quantitative estimate of drug-likeness (QED) is 0.419. The number of Topliss-reactive ketones (excluding diaryl/α,β-unsaturated/α-hetero) is 3. The van der Waals surface area contributed by atoms with E-state index in [1.807, 2.05) is 26.8 Å². The van der Waals surface area contributed by atoms with E-state index >= 15 is 0 Å². The Morgan fingerprint density at radius 1 is 1.33 bits per heavy atom. The smallest absolute Gasteiger partial charge is 0.183 e. The van der Waals surface area contributed by atoms with Gasteiger partial charge < -0.3 is 10.2 Å². The third-order valence-corrected chi connectivity index (χ3v) is 6.56. The maximum Gasteiger partial charge on any atom is 0.183 e. The SMILES string of the molecule is CC[C@@H](C)C(=O)C1=C(O)[C@@]2(CC=C(C)C)C[C@H](C(C)(C)O)[C@@](C)(C1=O)C2=O. The second-order valence-electron chi connectivity index (χ2n) is 9.24. The van der Waals surface area contributed by atoms with Crippen LogP contribution in [0.4, 0.5) is 0 Å². The lowest BCUT2D eigenvalue weighted by molar-refractivity contribution is -0.147. The molecule has 0 amide bonds. The molecule has 2 rings (SSSR count). The number of hydrogen-bond acceptors (Lipinski definition) is 5. The van der Waals surface area contributed by atoms with E-state index in [9.17, 15) is 24.6 Å². The average Bonchev–Trinajstić information content (AvgIpc) is 2.77.